The van der Waals surface area contributed by atoms with E-state index in [9.17, 15) is 4.79 Å². The molecule has 21 heavy (non-hydrogen) atoms. The van der Waals surface area contributed by atoms with Crippen molar-refractivity contribution in [2.45, 2.75) is 13.5 Å². The van der Waals surface area contributed by atoms with Crippen molar-refractivity contribution >= 4 is 46.9 Å². The Balaban J connectivity index is 2.21. The summed E-state index contributed by atoms with van der Waals surface area (Å²) < 4.78 is 0. The van der Waals surface area contributed by atoms with Crippen molar-refractivity contribution in [2.75, 3.05) is 4.90 Å². The van der Waals surface area contributed by atoms with E-state index in [-0.39, 0.29) is 11.2 Å². The second-order valence-electron chi connectivity index (χ2n) is 4.69. The molecule has 0 radical (unpaired) electrons. The zero-order valence-corrected chi connectivity index (χ0v) is 12.7. The van der Waals surface area contributed by atoms with Gasteiger partial charge < -0.3 is 4.90 Å². The zero-order valence-electron chi connectivity index (χ0n) is 11.2. The van der Waals surface area contributed by atoms with Crippen LogP contribution < -0.4 is 4.90 Å². The van der Waals surface area contributed by atoms with E-state index in [4.69, 9.17) is 23.2 Å². The standard InChI is InChI=1S/C15H11Cl2N3O/c1-9(21)20-8-11-7-18-15(17)19-13(11)5-3-10-2-4-12(16)6-14(10)20/h2-7H,8H2,1H3/b5-3-. The number of fused-ring (bicyclic) bond motifs is 2. The number of amides is 1. The fraction of sp³-hybridized carbons (Fsp3) is 0.133. The van der Waals surface area contributed by atoms with Gasteiger partial charge in [0.1, 0.15) is 0 Å². The van der Waals surface area contributed by atoms with Crippen LogP contribution in [0, 0.1) is 0 Å². The second kappa shape index (κ2) is 5.47. The fourth-order valence-electron chi connectivity index (χ4n) is 2.26. The molecule has 4 nitrogen and oxygen atoms in total. The third kappa shape index (κ3) is 2.77. The first-order valence-electron chi connectivity index (χ1n) is 6.32. The van der Waals surface area contributed by atoms with Gasteiger partial charge in [0.15, 0.2) is 0 Å². The van der Waals surface area contributed by atoms with E-state index in [1.807, 2.05) is 18.2 Å². The van der Waals surface area contributed by atoms with Crippen molar-refractivity contribution in [3.8, 4) is 0 Å². The van der Waals surface area contributed by atoms with Crippen molar-refractivity contribution in [1.29, 1.82) is 0 Å². The second-order valence-corrected chi connectivity index (χ2v) is 5.47. The Hall–Kier alpha value is -1.91. The van der Waals surface area contributed by atoms with Crippen molar-refractivity contribution < 1.29 is 4.79 Å². The van der Waals surface area contributed by atoms with Crippen molar-refractivity contribution in [2.24, 2.45) is 0 Å². The molecule has 1 amide bonds. The van der Waals surface area contributed by atoms with Gasteiger partial charge in [-0.15, -0.1) is 0 Å². The van der Waals surface area contributed by atoms with Gasteiger partial charge in [0.2, 0.25) is 11.2 Å². The number of halogens is 2. The Bertz CT molecular complexity index is 759. The minimum Gasteiger partial charge on any atom is -0.307 e. The normalized spacial score (nSPS) is 14.7. The molecule has 0 fully saturated rings. The average Bonchev–Trinajstić information content (AvgIpc) is 2.42. The summed E-state index contributed by atoms with van der Waals surface area (Å²) in [4.78, 5) is 21.9. The third-order valence-electron chi connectivity index (χ3n) is 3.28. The quantitative estimate of drug-likeness (QED) is 0.693. The molecule has 3 rings (SSSR count). The van der Waals surface area contributed by atoms with E-state index in [1.165, 1.54) is 6.92 Å². The monoisotopic (exact) mass is 319 g/mol. The van der Waals surface area contributed by atoms with Crippen LogP contribution in [-0.2, 0) is 11.3 Å². The predicted molar refractivity (Wildman–Crippen MR) is 84.3 cm³/mol. The van der Waals surface area contributed by atoms with Gasteiger partial charge in [-0.1, -0.05) is 23.7 Å². The van der Waals surface area contributed by atoms with E-state index < -0.39 is 0 Å². The minimum atomic E-state index is -0.0743. The first kappa shape index (κ1) is 14.0. The van der Waals surface area contributed by atoms with Crippen LogP contribution in [0.5, 0.6) is 0 Å². The molecule has 1 aliphatic heterocycles. The van der Waals surface area contributed by atoms with Crippen LogP contribution >= 0.6 is 23.2 Å². The lowest BCUT2D eigenvalue weighted by atomic mass is 10.1. The molecule has 2 aromatic rings. The highest BCUT2D eigenvalue weighted by molar-refractivity contribution is 6.31. The highest BCUT2D eigenvalue weighted by Crippen LogP contribution is 2.30. The SMILES string of the molecule is CC(=O)N1Cc2cnc(Cl)nc2/C=C\c2ccc(Cl)cc21. The maximum atomic E-state index is 12.0. The van der Waals surface area contributed by atoms with Gasteiger partial charge in [-0.25, -0.2) is 9.97 Å². The summed E-state index contributed by atoms with van der Waals surface area (Å²) >= 11 is 11.9. The van der Waals surface area contributed by atoms with Crippen LogP contribution in [0.15, 0.2) is 24.4 Å². The molecule has 0 spiro atoms. The lowest BCUT2D eigenvalue weighted by Gasteiger charge is -2.25. The van der Waals surface area contributed by atoms with Crippen molar-refractivity contribution in [3.05, 3.63) is 51.5 Å². The first-order chi connectivity index (χ1) is 10.0. The smallest absolute Gasteiger partial charge is 0.224 e. The van der Waals surface area contributed by atoms with Gasteiger partial charge in [-0.3, -0.25) is 4.79 Å². The molecule has 6 heteroatoms. The highest BCUT2D eigenvalue weighted by atomic mass is 35.5. The number of carbonyl (C=O) groups excluding carboxylic acids is 1. The summed E-state index contributed by atoms with van der Waals surface area (Å²) in [6, 6.07) is 5.45. The maximum absolute atomic E-state index is 12.0. The van der Waals surface area contributed by atoms with Crippen LogP contribution in [0.3, 0.4) is 0 Å². The zero-order chi connectivity index (χ0) is 15.0. The van der Waals surface area contributed by atoms with Crippen LogP contribution in [0.1, 0.15) is 23.7 Å². The molecule has 0 saturated heterocycles. The van der Waals surface area contributed by atoms with E-state index in [1.54, 1.807) is 23.2 Å². The van der Waals surface area contributed by atoms with Crippen LogP contribution in [0.25, 0.3) is 12.2 Å². The number of aromatic nitrogens is 2. The minimum absolute atomic E-state index is 0.0743. The van der Waals surface area contributed by atoms with Crippen LogP contribution in [0.4, 0.5) is 5.69 Å². The van der Waals surface area contributed by atoms with E-state index in [0.29, 0.717) is 17.3 Å². The highest BCUT2D eigenvalue weighted by Gasteiger charge is 2.19. The lowest BCUT2D eigenvalue weighted by Crippen LogP contribution is -2.29. The Morgan fingerprint density at radius 1 is 1.29 bits per heavy atom. The summed E-state index contributed by atoms with van der Waals surface area (Å²) in [7, 11) is 0. The summed E-state index contributed by atoms with van der Waals surface area (Å²) in [5.74, 6) is -0.0743. The first-order valence-corrected chi connectivity index (χ1v) is 7.07. The summed E-state index contributed by atoms with van der Waals surface area (Å²) in [5, 5.41) is 0.770. The molecule has 0 N–H and O–H groups in total. The predicted octanol–water partition coefficient (Wildman–Crippen LogP) is 3.82. The Labute approximate surface area is 132 Å². The van der Waals surface area contributed by atoms with Gasteiger partial charge >= 0.3 is 0 Å². The number of hydrogen-bond acceptors (Lipinski definition) is 3. The van der Waals surface area contributed by atoms with E-state index >= 15 is 0 Å². The van der Waals surface area contributed by atoms with Crippen molar-refractivity contribution in [1.82, 2.24) is 9.97 Å². The van der Waals surface area contributed by atoms with Gasteiger partial charge in [-0.05, 0) is 35.4 Å². The molecule has 1 aromatic carbocycles. The Morgan fingerprint density at radius 2 is 2.10 bits per heavy atom. The molecule has 0 unspecified atom stereocenters. The number of carbonyl (C=O) groups is 1. The molecule has 0 saturated carbocycles. The van der Waals surface area contributed by atoms with E-state index in [2.05, 4.69) is 9.97 Å². The summed E-state index contributed by atoms with van der Waals surface area (Å²) in [6.45, 7) is 1.89. The van der Waals surface area contributed by atoms with Crippen molar-refractivity contribution in [3.63, 3.8) is 0 Å². The Kier molecular flexibility index (Phi) is 3.66. The molecule has 0 atom stereocenters. The summed E-state index contributed by atoms with van der Waals surface area (Å²) in [6.07, 6.45) is 5.40. The van der Waals surface area contributed by atoms with Gasteiger partial charge in [0.25, 0.3) is 0 Å². The molecule has 1 aromatic heterocycles. The number of hydrogen-bond donors (Lipinski definition) is 0. The molecular weight excluding hydrogens is 309 g/mol. The lowest BCUT2D eigenvalue weighted by molar-refractivity contribution is -0.116. The van der Waals surface area contributed by atoms with Gasteiger partial charge in [0, 0.05) is 23.7 Å². The maximum Gasteiger partial charge on any atom is 0.224 e. The molecule has 1 aliphatic rings. The topological polar surface area (TPSA) is 46.1 Å². The third-order valence-corrected chi connectivity index (χ3v) is 3.70. The largest absolute Gasteiger partial charge is 0.307 e. The summed E-state index contributed by atoms with van der Waals surface area (Å²) in [5.41, 5.74) is 3.21. The number of anilines is 1. The molecular formula is C15H11Cl2N3O. The average molecular weight is 320 g/mol. The Morgan fingerprint density at radius 3 is 2.86 bits per heavy atom. The number of nitrogens with zero attached hydrogens (tertiary/aromatic N) is 3. The molecule has 0 aliphatic carbocycles. The number of benzene rings is 1. The molecule has 106 valence electrons. The fourth-order valence-corrected chi connectivity index (χ4v) is 2.57. The molecule has 0 bridgehead atoms. The van der Waals surface area contributed by atoms with Gasteiger partial charge in [-0.2, -0.15) is 0 Å². The van der Waals surface area contributed by atoms with Crippen LogP contribution in [0.2, 0.25) is 10.3 Å². The number of rotatable bonds is 0. The van der Waals surface area contributed by atoms with E-state index in [0.717, 1.165) is 16.8 Å². The van der Waals surface area contributed by atoms with Crippen LogP contribution in [-0.4, -0.2) is 15.9 Å². The van der Waals surface area contributed by atoms with Gasteiger partial charge in [0.05, 0.1) is 17.9 Å². The molecule has 2 heterocycles.